The Morgan fingerprint density at radius 3 is 2.63 bits per heavy atom. The van der Waals surface area contributed by atoms with Crippen molar-refractivity contribution in [2.45, 2.75) is 27.2 Å². The van der Waals surface area contributed by atoms with Crippen LogP contribution in [0.4, 0.5) is 0 Å². The van der Waals surface area contributed by atoms with Crippen molar-refractivity contribution >= 4 is 11.9 Å². The fourth-order valence-corrected chi connectivity index (χ4v) is 2.39. The molecule has 2 rings (SSSR count). The summed E-state index contributed by atoms with van der Waals surface area (Å²) in [5.74, 6) is 0.905. The van der Waals surface area contributed by atoms with Gasteiger partial charge in [0.2, 0.25) is 0 Å². The monoisotopic (exact) mass is 372 g/mol. The van der Waals surface area contributed by atoms with E-state index in [1.165, 1.54) is 25.1 Å². The molecule has 0 aliphatic rings. The average Bonchev–Trinajstić information content (AvgIpc) is 2.59. The number of hydrogen-bond donors (Lipinski definition) is 1. The van der Waals surface area contributed by atoms with Gasteiger partial charge in [0, 0.05) is 6.07 Å². The molecule has 1 N–H and O–H groups in total. The van der Waals surface area contributed by atoms with E-state index in [4.69, 9.17) is 13.9 Å². The summed E-state index contributed by atoms with van der Waals surface area (Å²) in [6.45, 7) is 6.35. The van der Waals surface area contributed by atoms with Crippen molar-refractivity contribution in [3.05, 3.63) is 57.6 Å². The standard InChI is InChI=1S/C21H24O6/c1-13(2)9-10-26-18-8-6-15(12-19(18)25-4)5-7-16(22)20-17(23)11-14(3)27-21(20)24/h5-8,11-13,23H,9-10H2,1-4H3/b7-5+. The van der Waals surface area contributed by atoms with Crippen LogP contribution in [0.3, 0.4) is 0 Å². The van der Waals surface area contributed by atoms with Gasteiger partial charge < -0.3 is 19.0 Å². The Morgan fingerprint density at radius 2 is 2.00 bits per heavy atom. The molecule has 0 saturated heterocycles. The molecule has 1 aromatic carbocycles. The zero-order chi connectivity index (χ0) is 20.0. The third-order valence-corrected chi connectivity index (χ3v) is 3.87. The largest absolute Gasteiger partial charge is 0.507 e. The van der Waals surface area contributed by atoms with Crippen molar-refractivity contribution in [1.29, 1.82) is 0 Å². The van der Waals surface area contributed by atoms with Gasteiger partial charge in [0.25, 0.3) is 0 Å². The van der Waals surface area contributed by atoms with E-state index in [0.29, 0.717) is 29.6 Å². The average molecular weight is 372 g/mol. The molecule has 6 nitrogen and oxygen atoms in total. The van der Waals surface area contributed by atoms with Crippen LogP contribution < -0.4 is 15.1 Å². The number of aromatic hydroxyl groups is 1. The van der Waals surface area contributed by atoms with E-state index in [1.807, 2.05) is 0 Å². The van der Waals surface area contributed by atoms with Gasteiger partial charge in [-0.15, -0.1) is 0 Å². The third kappa shape index (κ3) is 5.48. The molecule has 0 saturated carbocycles. The second-order valence-corrected chi connectivity index (χ2v) is 6.54. The van der Waals surface area contributed by atoms with Crippen LogP contribution in [0.25, 0.3) is 6.08 Å². The molecule has 0 atom stereocenters. The van der Waals surface area contributed by atoms with Crippen molar-refractivity contribution in [1.82, 2.24) is 0 Å². The Kier molecular flexibility index (Phi) is 6.82. The molecule has 6 heteroatoms. The minimum absolute atomic E-state index is 0.232. The quantitative estimate of drug-likeness (QED) is 0.557. The van der Waals surface area contributed by atoms with Gasteiger partial charge in [0.15, 0.2) is 17.3 Å². The summed E-state index contributed by atoms with van der Waals surface area (Å²) in [4.78, 5) is 24.0. The van der Waals surface area contributed by atoms with Gasteiger partial charge in [0.05, 0.1) is 13.7 Å². The number of carbonyl (C=O) groups is 1. The number of rotatable bonds is 8. The van der Waals surface area contributed by atoms with Crippen LogP contribution >= 0.6 is 0 Å². The first-order chi connectivity index (χ1) is 12.8. The maximum absolute atomic E-state index is 12.2. The molecule has 0 spiro atoms. The maximum Gasteiger partial charge on any atom is 0.351 e. The van der Waals surface area contributed by atoms with E-state index >= 15 is 0 Å². The summed E-state index contributed by atoms with van der Waals surface area (Å²) < 4.78 is 15.9. The van der Waals surface area contributed by atoms with E-state index in [-0.39, 0.29) is 5.76 Å². The summed E-state index contributed by atoms with van der Waals surface area (Å²) in [5, 5.41) is 9.83. The van der Waals surface area contributed by atoms with Gasteiger partial charge in [-0.2, -0.15) is 0 Å². The van der Waals surface area contributed by atoms with Gasteiger partial charge in [-0.1, -0.05) is 26.0 Å². The highest BCUT2D eigenvalue weighted by Crippen LogP contribution is 2.29. The Morgan fingerprint density at radius 1 is 1.26 bits per heavy atom. The molecule has 1 heterocycles. The topological polar surface area (TPSA) is 86.0 Å². The Hall–Kier alpha value is -3.02. The summed E-state index contributed by atoms with van der Waals surface area (Å²) in [6, 6.07) is 6.50. The Labute approximate surface area is 158 Å². The van der Waals surface area contributed by atoms with Crippen LogP contribution in [-0.2, 0) is 0 Å². The molecular formula is C21H24O6. The molecule has 0 aliphatic heterocycles. The first-order valence-corrected chi connectivity index (χ1v) is 8.68. The van der Waals surface area contributed by atoms with Crippen LogP contribution in [0.1, 0.15) is 41.9 Å². The number of ketones is 1. The van der Waals surface area contributed by atoms with Crippen LogP contribution in [-0.4, -0.2) is 24.6 Å². The van der Waals surface area contributed by atoms with E-state index in [0.717, 1.165) is 6.42 Å². The van der Waals surface area contributed by atoms with E-state index in [1.54, 1.807) is 25.3 Å². The van der Waals surface area contributed by atoms with Gasteiger partial charge in [-0.3, -0.25) is 4.79 Å². The Balaban J connectivity index is 2.17. The van der Waals surface area contributed by atoms with Crippen LogP contribution in [0.5, 0.6) is 17.2 Å². The van der Waals surface area contributed by atoms with Crippen molar-refractivity contribution in [2.24, 2.45) is 5.92 Å². The molecule has 27 heavy (non-hydrogen) atoms. The molecular weight excluding hydrogens is 348 g/mol. The van der Waals surface area contributed by atoms with Crippen LogP contribution in [0.2, 0.25) is 0 Å². The number of carbonyl (C=O) groups excluding carboxylic acids is 1. The fraction of sp³-hybridized carbons (Fsp3) is 0.333. The van der Waals surface area contributed by atoms with Crippen molar-refractivity contribution in [3.8, 4) is 17.2 Å². The van der Waals surface area contributed by atoms with E-state index in [9.17, 15) is 14.7 Å². The summed E-state index contributed by atoms with van der Waals surface area (Å²) in [7, 11) is 1.54. The number of aryl methyl sites for hydroxylation is 1. The lowest BCUT2D eigenvalue weighted by Crippen LogP contribution is -2.12. The molecule has 0 unspecified atom stereocenters. The third-order valence-electron chi connectivity index (χ3n) is 3.87. The van der Waals surface area contributed by atoms with Crippen molar-refractivity contribution in [2.75, 3.05) is 13.7 Å². The molecule has 0 fully saturated rings. The van der Waals surface area contributed by atoms with Crippen molar-refractivity contribution < 1.29 is 23.8 Å². The number of allylic oxidation sites excluding steroid dienone is 1. The number of hydrogen-bond acceptors (Lipinski definition) is 6. The van der Waals surface area contributed by atoms with E-state index in [2.05, 4.69) is 13.8 Å². The summed E-state index contributed by atoms with van der Waals surface area (Å²) in [6.07, 6.45) is 3.67. The number of benzene rings is 1. The Bertz CT molecular complexity index is 892. The highest BCUT2D eigenvalue weighted by Gasteiger charge is 2.16. The molecule has 0 aliphatic carbocycles. The van der Waals surface area contributed by atoms with Crippen molar-refractivity contribution in [3.63, 3.8) is 0 Å². The minimum atomic E-state index is -0.867. The molecule has 144 valence electrons. The second-order valence-electron chi connectivity index (χ2n) is 6.54. The highest BCUT2D eigenvalue weighted by atomic mass is 16.5. The zero-order valence-electron chi connectivity index (χ0n) is 15.9. The second kappa shape index (κ2) is 9.07. The smallest absolute Gasteiger partial charge is 0.351 e. The van der Waals surface area contributed by atoms with Gasteiger partial charge in [-0.05, 0) is 43.0 Å². The molecule has 0 amide bonds. The number of ether oxygens (including phenoxy) is 2. The normalized spacial score (nSPS) is 11.1. The summed E-state index contributed by atoms with van der Waals surface area (Å²) in [5.41, 5.74) is -0.571. The van der Waals surface area contributed by atoms with Crippen LogP contribution in [0.15, 0.2) is 39.6 Å². The lowest BCUT2D eigenvalue weighted by Gasteiger charge is -2.12. The SMILES string of the molecule is COc1cc(/C=C/C(=O)c2c(O)cc(C)oc2=O)ccc1OCCC(C)C. The zero-order valence-corrected chi connectivity index (χ0v) is 15.9. The molecule has 0 radical (unpaired) electrons. The molecule has 0 bridgehead atoms. The predicted octanol–water partition coefficient (Wildman–Crippen LogP) is 3.98. The van der Waals surface area contributed by atoms with Gasteiger partial charge in [-0.25, -0.2) is 4.79 Å². The summed E-state index contributed by atoms with van der Waals surface area (Å²) >= 11 is 0. The van der Waals surface area contributed by atoms with Crippen LogP contribution in [0, 0.1) is 12.8 Å². The minimum Gasteiger partial charge on any atom is -0.507 e. The van der Waals surface area contributed by atoms with E-state index < -0.39 is 22.7 Å². The first-order valence-electron chi connectivity index (χ1n) is 8.68. The van der Waals surface area contributed by atoms with Gasteiger partial charge >= 0.3 is 5.63 Å². The maximum atomic E-state index is 12.2. The lowest BCUT2D eigenvalue weighted by molar-refractivity contribution is 0.104. The first kappa shape index (κ1) is 20.3. The fourth-order valence-electron chi connectivity index (χ4n) is 2.39. The predicted molar refractivity (Wildman–Crippen MR) is 103 cm³/mol. The number of methoxy groups -OCH3 is 1. The highest BCUT2D eigenvalue weighted by molar-refractivity contribution is 6.08. The molecule has 2 aromatic rings. The van der Waals surface area contributed by atoms with Gasteiger partial charge in [0.1, 0.15) is 17.1 Å². The molecule has 1 aromatic heterocycles. The lowest BCUT2D eigenvalue weighted by atomic mass is 10.1.